The van der Waals surface area contributed by atoms with E-state index in [0.717, 1.165) is 12.8 Å². The van der Waals surface area contributed by atoms with Crippen molar-refractivity contribution < 1.29 is 0 Å². The molecule has 3 N–H and O–H groups in total. The summed E-state index contributed by atoms with van der Waals surface area (Å²) in [7, 11) is 0. The minimum Gasteiger partial charge on any atom is -0.370 e. The van der Waals surface area contributed by atoms with Gasteiger partial charge in [0.05, 0.1) is 0 Å². The summed E-state index contributed by atoms with van der Waals surface area (Å²) in [5.74, 6) is 0.513. The van der Waals surface area contributed by atoms with Crippen molar-refractivity contribution in [2.75, 3.05) is 0 Å². The summed E-state index contributed by atoms with van der Waals surface area (Å²) >= 11 is 0. The molecule has 114 valence electrons. The molecular weight excluding hydrogens is 282 g/mol. The Bertz CT molecular complexity index is 801. The summed E-state index contributed by atoms with van der Waals surface area (Å²) in [6.45, 7) is 0. The lowest BCUT2D eigenvalue weighted by molar-refractivity contribution is 0.798. The highest BCUT2D eigenvalue weighted by Crippen LogP contribution is 2.42. The quantitative estimate of drug-likeness (QED) is 0.887. The van der Waals surface area contributed by atoms with Gasteiger partial charge in [0.2, 0.25) is 0 Å². The molecule has 1 unspecified atom stereocenters. The highest BCUT2D eigenvalue weighted by atomic mass is 15.1. The molecule has 0 radical (unpaired) electrons. The van der Waals surface area contributed by atoms with Crippen molar-refractivity contribution in [1.82, 2.24) is 5.32 Å². The number of nitrogens with zero attached hydrogens (tertiary/aromatic N) is 1. The van der Waals surface area contributed by atoms with Crippen LogP contribution in [-0.4, -0.2) is 5.96 Å². The molecule has 3 heteroatoms. The molecule has 2 aromatic carbocycles. The fourth-order valence-electron chi connectivity index (χ4n) is 3.36. The van der Waals surface area contributed by atoms with Crippen molar-refractivity contribution in [2.24, 2.45) is 10.7 Å². The Morgan fingerprint density at radius 1 is 0.957 bits per heavy atom. The van der Waals surface area contributed by atoms with Gasteiger partial charge in [0.25, 0.3) is 0 Å². The van der Waals surface area contributed by atoms with Gasteiger partial charge in [-0.1, -0.05) is 66.7 Å². The molecule has 23 heavy (non-hydrogen) atoms. The van der Waals surface area contributed by atoms with Crippen LogP contribution in [0.15, 0.2) is 82.5 Å². The van der Waals surface area contributed by atoms with Crippen LogP contribution < -0.4 is 11.1 Å². The maximum absolute atomic E-state index is 6.00. The first-order valence-electron chi connectivity index (χ1n) is 7.95. The maximum Gasteiger partial charge on any atom is 0.193 e. The number of benzene rings is 2. The van der Waals surface area contributed by atoms with Crippen LogP contribution in [0, 0.1) is 0 Å². The molecule has 1 aliphatic heterocycles. The second-order valence-corrected chi connectivity index (χ2v) is 5.93. The summed E-state index contributed by atoms with van der Waals surface area (Å²) in [5, 5.41) is 3.26. The topological polar surface area (TPSA) is 50.4 Å². The molecule has 1 aliphatic carbocycles. The van der Waals surface area contributed by atoms with Crippen molar-refractivity contribution in [2.45, 2.75) is 18.9 Å². The minimum absolute atomic E-state index is 0.00934. The number of aliphatic imine (C=N–C) groups is 1. The van der Waals surface area contributed by atoms with Crippen molar-refractivity contribution >= 4 is 12.0 Å². The molecule has 1 heterocycles. The largest absolute Gasteiger partial charge is 0.370 e. The van der Waals surface area contributed by atoms with Crippen LogP contribution in [0.5, 0.6) is 0 Å². The second kappa shape index (κ2) is 5.76. The third-order valence-electron chi connectivity index (χ3n) is 4.39. The van der Waals surface area contributed by atoms with Gasteiger partial charge in [-0.3, -0.25) is 0 Å². The van der Waals surface area contributed by atoms with Gasteiger partial charge in [-0.25, -0.2) is 4.99 Å². The zero-order chi connectivity index (χ0) is 15.6. The fourth-order valence-corrected chi connectivity index (χ4v) is 3.36. The van der Waals surface area contributed by atoms with Gasteiger partial charge in [-0.15, -0.1) is 0 Å². The molecule has 0 bridgehead atoms. The van der Waals surface area contributed by atoms with Crippen molar-refractivity contribution in [3.8, 4) is 0 Å². The molecule has 0 amide bonds. The summed E-state index contributed by atoms with van der Waals surface area (Å²) in [6, 6.07) is 20.8. The summed E-state index contributed by atoms with van der Waals surface area (Å²) in [6.07, 6.45) is 4.29. The number of hydrogen-bond donors (Lipinski definition) is 2. The highest BCUT2D eigenvalue weighted by molar-refractivity contribution is 5.83. The lowest BCUT2D eigenvalue weighted by Gasteiger charge is -2.24. The van der Waals surface area contributed by atoms with Crippen LogP contribution in [0.25, 0.3) is 6.08 Å². The number of nitrogens with two attached hydrogens (primary N) is 1. The lowest BCUT2D eigenvalue weighted by Crippen LogP contribution is -2.35. The number of hydrogen-bond acceptors (Lipinski definition) is 3. The molecular formula is C20H19N3. The van der Waals surface area contributed by atoms with E-state index in [0.29, 0.717) is 5.96 Å². The normalized spacial score (nSPS) is 21.8. The molecule has 4 rings (SSSR count). The van der Waals surface area contributed by atoms with Crippen molar-refractivity contribution in [3.05, 3.63) is 88.6 Å². The van der Waals surface area contributed by atoms with Crippen molar-refractivity contribution in [3.63, 3.8) is 0 Å². The van der Waals surface area contributed by atoms with Crippen molar-refractivity contribution in [1.29, 1.82) is 0 Å². The Balaban J connectivity index is 1.77. The van der Waals surface area contributed by atoms with E-state index in [2.05, 4.69) is 64.9 Å². The van der Waals surface area contributed by atoms with E-state index in [4.69, 9.17) is 5.73 Å². The predicted molar refractivity (Wildman–Crippen MR) is 94.6 cm³/mol. The molecule has 0 saturated carbocycles. The zero-order valence-electron chi connectivity index (χ0n) is 12.9. The first kappa shape index (κ1) is 13.8. The second-order valence-electron chi connectivity index (χ2n) is 5.93. The first-order valence-corrected chi connectivity index (χ1v) is 7.95. The van der Waals surface area contributed by atoms with Gasteiger partial charge in [-0.05, 0) is 29.5 Å². The molecule has 2 aromatic rings. The van der Waals surface area contributed by atoms with Gasteiger partial charge in [0.15, 0.2) is 5.96 Å². The Kier molecular flexibility index (Phi) is 3.46. The first-order chi connectivity index (χ1) is 11.3. The molecule has 2 aliphatic rings. The third-order valence-corrected chi connectivity index (χ3v) is 4.39. The minimum atomic E-state index is -0.00934. The molecule has 3 nitrogen and oxygen atoms in total. The number of nitrogens with one attached hydrogen (secondary N) is 1. The van der Waals surface area contributed by atoms with E-state index in [1.54, 1.807) is 0 Å². The van der Waals surface area contributed by atoms with E-state index >= 15 is 0 Å². The standard InChI is InChI=1S/C20H19N3/c21-20-22-17-12-11-16(13-14-7-3-1-4-8-14)18(17)19(23-20)15-9-5-2-6-10-15/h1-10,13,19H,11-12H2,(H3,21,22,23). The lowest BCUT2D eigenvalue weighted by atomic mass is 9.93. The molecule has 0 spiro atoms. The number of rotatable bonds is 2. The van der Waals surface area contributed by atoms with Crippen LogP contribution in [-0.2, 0) is 0 Å². The van der Waals surface area contributed by atoms with E-state index in [1.165, 1.54) is 28.0 Å². The number of allylic oxidation sites excluding steroid dienone is 1. The average Bonchev–Trinajstić information content (AvgIpc) is 2.98. The van der Waals surface area contributed by atoms with Gasteiger partial charge < -0.3 is 11.1 Å². The Morgan fingerprint density at radius 3 is 2.39 bits per heavy atom. The van der Waals surface area contributed by atoms with Crippen LogP contribution in [0.4, 0.5) is 0 Å². The summed E-state index contributed by atoms with van der Waals surface area (Å²) < 4.78 is 0. The van der Waals surface area contributed by atoms with E-state index in [-0.39, 0.29) is 6.04 Å². The average molecular weight is 301 g/mol. The Hall–Kier alpha value is -2.81. The maximum atomic E-state index is 6.00. The third kappa shape index (κ3) is 2.66. The molecule has 0 aromatic heterocycles. The van der Waals surface area contributed by atoms with Gasteiger partial charge in [-0.2, -0.15) is 0 Å². The van der Waals surface area contributed by atoms with Crippen LogP contribution in [0.1, 0.15) is 30.0 Å². The fraction of sp³-hybridized carbons (Fsp3) is 0.150. The Morgan fingerprint density at radius 2 is 1.65 bits per heavy atom. The van der Waals surface area contributed by atoms with E-state index < -0.39 is 0 Å². The zero-order valence-corrected chi connectivity index (χ0v) is 12.9. The molecule has 1 atom stereocenters. The van der Waals surface area contributed by atoms with E-state index in [1.807, 2.05) is 12.1 Å². The Labute approximate surface area is 136 Å². The van der Waals surface area contributed by atoms with E-state index in [9.17, 15) is 0 Å². The highest BCUT2D eigenvalue weighted by Gasteiger charge is 2.31. The predicted octanol–water partition coefficient (Wildman–Crippen LogP) is 3.78. The molecule has 0 fully saturated rings. The monoisotopic (exact) mass is 301 g/mol. The van der Waals surface area contributed by atoms with Gasteiger partial charge in [0, 0.05) is 11.3 Å². The van der Waals surface area contributed by atoms with Crippen LogP contribution >= 0.6 is 0 Å². The van der Waals surface area contributed by atoms with Crippen LogP contribution in [0.2, 0.25) is 0 Å². The molecule has 0 saturated heterocycles. The summed E-state index contributed by atoms with van der Waals surface area (Å²) in [4.78, 5) is 4.67. The summed E-state index contributed by atoms with van der Waals surface area (Å²) in [5.41, 5.74) is 12.3. The SMILES string of the molecule is NC1=NC(c2ccccc2)C2=C(CCC2=Cc2ccccc2)N1. The number of guanidine groups is 1. The van der Waals surface area contributed by atoms with Gasteiger partial charge in [0.1, 0.15) is 6.04 Å². The smallest absolute Gasteiger partial charge is 0.193 e. The van der Waals surface area contributed by atoms with Crippen LogP contribution in [0.3, 0.4) is 0 Å². The van der Waals surface area contributed by atoms with Gasteiger partial charge >= 0.3 is 0 Å².